The van der Waals surface area contributed by atoms with Gasteiger partial charge in [-0.2, -0.15) is 4.98 Å². The first-order valence-electron chi connectivity index (χ1n) is 15.7. The molecule has 0 spiro atoms. The zero-order chi connectivity index (χ0) is 33.6. The number of nitrogens with zero attached hydrogens (tertiary/aromatic N) is 9. The molecule has 6 rings (SSSR count). The lowest BCUT2D eigenvalue weighted by Crippen LogP contribution is -2.50. The van der Waals surface area contributed by atoms with Crippen molar-refractivity contribution in [3.63, 3.8) is 0 Å². The summed E-state index contributed by atoms with van der Waals surface area (Å²) in [5.41, 5.74) is -0.243. The first-order valence-corrected chi connectivity index (χ1v) is 16.4. The maximum Gasteiger partial charge on any atom is 0.410 e. The second kappa shape index (κ2) is 13.0. The highest BCUT2D eigenvalue weighted by Crippen LogP contribution is 2.29. The molecule has 47 heavy (non-hydrogen) atoms. The number of fused-ring (bicyclic) bond motifs is 1. The van der Waals surface area contributed by atoms with Crippen molar-refractivity contribution in [2.75, 3.05) is 50.7 Å². The van der Waals surface area contributed by atoms with Crippen molar-refractivity contribution in [1.82, 2.24) is 38.7 Å². The summed E-state index contributed by atoms with van der Waals surface area (Å²) in [6.45, 7) is 11.0. The van der Waals surface area contributed by atoms with Crippen LogP contribution in [0.2, 0.25) is 10.0 Å². The van der Waals surface area contributed by atoms with Gasteiger partial charge in [0.1, 0.15) is 12.1 Å². The monoisotopic (exact) mass is 687 g/mol. The predicted octanol–water partition coefficient (Wildman–Crippen LogP) is 3.61. The number of hydrogen-bond donors (Lipinski definition) is 0. The third-order valence-corrected chi connectivity index (χ3v) is 9.43. The van der Waals surface area contributed by atoms with Crippen LogP contribution >= 0.6 is 23.2 Å². The van der Waals surface area contributed by atoms with E-state index < -0.39 is 16.9 Å². The molecule has 4 aromatic rings. The average molecular weight is 689 g/mol. The molecule has 0 bridgehead atoms. The van der Waals surface area contributed by atoms with Crippen LogP contribution in [0.3, 0.4) is 0 Å². The molecule has 16 heteroatoms. The minimum Gasteiger partial charge on any atom is -0.444 e. The van der Waals surface area contributed by atoms with Crippen molar-refractivity contribution in [2.45, 2.75) is 45.8 Å². The molecule has 0 radical (unpaired) electrons. The van der Waals surface area contributed by atoms with E-state index in [0.29, 0.717) is 53.7 Å². The molecule has 2 aliphatic rings. The fraction of sp³-hybridized carbons (Fsp3) is 0.548. The second-order valence-corrected chi connectivity index (χ2v) is 14.0. The van der Waals surface area contributed by atoms with Gasteiger partial charge in [0.15, 0.2) is 11.2 Å². The summed E-state index contributed by atoms with van der Waals surface area (Å²) < 4.78 is 15.7. The first-order chi connectivity index (χ1) is 22.3. The summed E-state index contributed by atoms with van der Waals surface area (Å²) in [5.74, 6) is 1.57. The molecule has 0 unspecified atom stereocenters. The molecule has 0 saturated carbocycles. The Kier molecular flexibility index (Phi) is 9.11. The van der Waals surface area contributed by atoms with Crippen molar-refractivity contribution >= 4 is 46.4 Å². The Balaban J connectivity index is 1.18. The number of aromatic nitrogens is 6. The molecule has 2 fully saturated rings. The molecule has 1 aromatic carbocycles. The number of likely N-dealkylation sites (tertiary alicyclic amines) is 1. The van der Waals surface area contributed by atoms with Gasteiger partial charge in [-0.25, -0.2) is 9.59 Å². The van der Waals surface area contributed by atoms with E-state index in [2.05, 4.69) is 20.0 Å². The van der Waals surface area contributed by atoms with Crippen LogP contribution in [0.25, 0.3) is 22.6 Å². The summed E-state index contributed by atoms with van der Waals surface area (Å²) in [4.78, 5) is 49.9. The van der Waals surface area contributed by atoms with Gasteiger partial charge in [0.05, 0.1) is 10.0 Å². The van der Waals surface area contributed by atoms with E-state index in [1.807, 2.05) is 20.8 Å². The lowest BCUT2D eigenvalue weighted by atomic mass is 9.96. The quantitative estimate of drug-likeness (QED) is 0.296. The van der Waals surface area contributed by atoms with Crippen molar-refractivity contribution in [3.8, 4) is 11.5 Å². The van der Waals surface area contributed by atoms with Crippen molar-refractivity contribution in [2.24, 2.45) is 20.0 Å². The number of piperidine rings is 1. The van der Waals surface area contributed by atoms with Gasteiger partial charge in [0, 0.05) is 65.5 Å². The molecule has 14 nitrogen and oxygen atoms in total. The van der Waals surface area contributed by atoms with E-state index in [1.54, 1.807) is 34.7 Å². The molecule has 252 valence electrons. The number of amides is 1. The molecule has 3 aromatic heterocycles. The smallest absolute Gasteiger partial charge is 0.410 e. The molecule has 0 N–H and O–H groups in total. The van der Waals surface area contributed by atoms with Crippen LogP contribution in [0.5, 0.6) is 0 Å². The number of carbonyl (C=O) groups is 1. The number of hydrogen-bond acceptors (Lipinski definition) is 10. The van der Waals surface area contributed by atoms with Gasteiger partial charge in [-0.15, -0.1) is 10.2 Å². The molecule has 1 amide bonds. The van der Waals surface area contributed by atoms with Crippen LogP contribution < -0.4 is 16.1 Å². The number of rotatable bonds is 6. The normalized spacial score (nSPS) is 16.7. The number of imidazole rings is 1. The van der Waals surface area contributed by atoms with Crippen molar-refractivity contribution in [3.05, 3.63) is 55.0 Å². The number of ether oxygens (including phenoxy) is 1. The largest absolute Gasteiger partial charge is 0.444 e. The van der Waals surface area contributed by atoms with E-state index in [4.69, 9.17) is 37.3 Å². The zero-order valence-corrected chi connectivity index (χ0v) is 28.7. The van der Waals surface area contributed by atoms with Crippen molar-refractivity contribution in [1.29, 1.82) is 0 Å². The topological polar surface area (TPSA) is 137 Å². The van der Waals surface area contributed by atoms with E-state index in [0.717, 1.165) is 37.0 Å². The minimum atomic E-state index is -0.504. The SMILES string of the molecule is Cn1c(=O)c2c(nc(N3CCN(CC4CCN(C(=O)OC(C)(C)C)CC4)CC3)n2Cc2nnc(-c3ccc(Cl)c(Cl)c3)o2)n(C)c1=O. The Morgan fingerprint density at radius 1 is 0.979 bits per heavy atom. The molecular formula is C31H39Cl2N9O5. The Bertz CT molecular complexity index is 1910. The number of halogens is 2. The van der Waals surface area contributed by atoms with Gasteiger partial charge >= 0.3 is 11.8 Å². The van der Waals surface area contributed by atoms with Crippen LogP contribution in [0, 0.1) is 5.92 Å². The summed E-state index contributed by atoms with van der Waals surface area (Å²) in [6.07, 6.45) is 1.62. The Labute approximate surface area is 281 Å². The van der Waals surface area contributed by atoms with Crippen LogP contribution in [0.15, 0.2) is 32.2 Å². The van der Waals surface area contributed by atoms with E-state index in [9.17, 15) is 14.4 Å². The van der Waals surface area contributed by atoms with Crippen LogP contribution in [-0.4, -0.2) is 96.2 Å². The molecule has 5 heterocycles. The number of benzene rings is 1. The number of carbonyl (C=O) groups excluding carboxylic acids is 1. The van der Waals surface area contributed by atoms with Crippen LogP contribution in [0.4, 0.5) is 10.7 Å². The highest BCUT2D eigenvalue weighted by atomic mass is 35.5. The molecule has 0 atom stereocenters. The van der Waals surface area contributed by atoms with Crippen molar-refractivity contribution < 1.29 is 13.9 Å². The number of anilines is 1. The maximum absolute atomic E-state index is 13.4. The van der Waals surface area contributed by atoms with Gasteiger partial charge in [0.25, 0.3) is 5.56 Å². The molecule has 0 aliphatic carbocycles. The van der Waals surface area contributed by atoms with Gasteiger partial charge in [-0.3, -0.25) is 23.4 Å². The summed E-state index contributed by atoms with van der Waals surface area (Å²) >= 11 is 12.3. The predicted molar refractivity (Wildman–Crippen MR) is 178 cm³/mol. The Morgan fingerprint density at radius 2 is 1.68 bits per heavy atom. The van der Waals surface area contributed by atoms with E-state index in [1.165, 1.54) is 11.6 Å². The third kappa shape index (κ3) is 6.90. The number of piperazine rings is 1. The highest BCUT2D eigenvalue weighted by molar-refractivity contribution is 6.42. The molecular weight excluding hydrogens is 649 g/mol. The Morgan fingerprint density at radius 3 is 2.34 bits per heavy atom. The van der Waals surface area contributed by atoms with Crippen LogP contribution in [0.1, 0.15) is 39.5 Å². The Hall–Kier alpha value is -3.88. The molecule has 2 saturated heterocycles. The number of aryl methyl sites for hydroxylation is 1. The lowest BCUT2D eigenvalue weighted by Gasteiger charge is -2.39. The first kappa shape index (κ1) is 33.0. The van der Waals surface area contributed by atoms with Gasteiger partial charge < -0.3 is 19.0 Å². The minimum absolute atomic E-state index is 0.0734. The fourth-order valence-corrected chi connectivity index (χ4v) is 6.44. The lowest BCUT2D eigenvalue weighted by molar-refractivity contribution is 0.0169. The third-order valence-electron chi connectivity index (χ3n) is 8.69. The zero-order valence-electron chi connectivity index (χ0n) is 27.2. The maximum atomic E-state index is 13.4. The van der Waals surface area contributed by atoms with E-state index >= 15 is 0 Å². The molecule has 2 aliphatic heterocycles. The van der Waals surface area contributed by atoms with Gasteiger partial charge in [-0.1, -0.05) is 23.2 Å². The van der Waals surface area contributed by atoms with E-state index in [-0.39, 0.29) is 35.6 Å². The fourth-order valence-electron chi connectivity index (χ4n) is 6.14. The van der Waals surface area contributed by atoms with Gasteiger partial charge in [-0.05, 0) is 57.7 Å². The summed E-state index contributed by atoms with van der Waals surface area (Å²) in [7, 11) is 3.05. The highest BCUT2D eigenvalue weighted by Gasteiger charge is 2.30. The summed E-state index contributed by atoms with van der Waals surface area (Å²) in [6, 6.07) is 5.04. The van der Waals surface area contributed by atoms with Gasteiger partial charge in [0.2, 0.25) is 17.7 Å². The average Bonchev–Trinajstić information content (AvgIpc) is 3.66. The van der Waals surface area contributed by atoms with Crippen LogP contribution in [-0.2, 0) is 25.4 Å². The summed E-state index contributed by atoms with van der Waals surface area (Å²) in [5, 5.41) is 9.20. The second-order valence-electron chi connectivity index (χ2n) is 13.2. The standard InChI is InChI=1S/C31H39Cl2N9O5/c1-31(2,3)47-30(45)41-10-8-19(9-11-41)17-39-12-14-40(15-13-39)28-34-25-24(27(43)38(5)29(44)37(25)4)42(28)18-23-35-36-26(46-23)20-6-7-21(32)22(33)16-20/h6-7,16,19H,8-15,17-18H2,1-5H3.